The summed E-state index contributed by atoms with van der Waals surface area (Å²) in [5.41, 5.74) is 2.16. The Morgan fingerprint density at radius 2 is 1.55 bits per heavy atom. The minimum atomic E-state index is -0.522. The molecule has 0 saturated heterocycles. The SMILES string of the molecule is CCCNC(=O)C(C)N(Cc1ccc(Br)cc1)C(=O)CSCc1ccc(Br)cc1. The van der Waals surface area contributed by atoms with Crippen molar-refractivity contribution in [3.63, 3.8) is 0 Å². The molecule has 2 amide bonds. The summed E-state index contributed by atoms with van der Waals surface area (Å²) in [6, 6.07) is 15.4. The minimum absolute atomic E-state index is 0.0332. The second-order valence-corrected chi connectivity index (χ2v) is 9.55. The Bertz CT molecular complexity index is 797. The molecule has 0 aromatic heterocycles. The van der Waals surface area contributed by atoms with Crippen molar-refractivity contribution in [2.75, 3.05) is 12.3 Å². The van der Waals surface area contributed by atoms with Crippen molar-refractivity contribution in [3.05, 3.63) is 68.6 Å². The molecule has 1 unspecified atom stereocenters. The van der Waals surface area contributed by atoms with Gasteiger partial charge in [0.15, 0.2) is 0 Å². The molecule has 2 rings (SSSR count). The number of thioether (sulfide) groups is 1. The summed E-state index contributed by atoms with van der Waals surface area (Å²) in [6.07, 6.45) is 0.863. The van der Waals surface area contributed by atoms with Crippen LogP contribution in [-0.4, -0.2) is 35.1 Å². The number of benzene rings is 2. The Hall–Kier alpha value is -1.31. The molecule has 0 radical (unpaired) electrons. The third-order valence-electron chi connectivity index (χ3n) is 4.39. The van der Waals surface area contributed by atoms with Crippen LogP contribution in [0.2, 0.25) is 0 Å². The molecule has 156 valence electrons. The highest BCUT2D eigenvalue weighted by Gasteiger charge is 2.25. The van der Waals surface area contributed by atoms with E-state index in [1.165, 1.54) is 5.56 Å². The first-order valence-corrected chi connectivity index (χ1v) is 12.3. The van der Waals surface area contributed by atoms with Gasteiger partial charge in [0.25, 0.3) is 0 Å². The average Bonchev–Trinajstić information content (AvgIpc) is 2.72. The molecule has 0 fully saturated rings. The van der Waals surface area contributed by atoms with Gasteiger partial charge in [-0.3, -0.25) is 9.59 Å². The molecular formula is C22H26Br2N2O2S. The van der Waals surface area contributed by atoms with E-state index in [0.29, 0.717) is 18.8 Å². The van der Waals surface area contributed by atoms with Crippen molar-refractivity contribution >= 4 is 55.4 Å². The zero-order valence-corrected chi connectivity index (χ0v) is 20.6. The molecule has 29 heavy (non-hydrogen) atoms. The Morgan fingerprint density at radius 3 is 2.10 bits per heavy atom. The van der Waals surface area contributed by atoms with Crippen LogP contribution in [0.1, 0.15) is 31.4 Å². The van der Waals surface area contributed by atoms with Gasteiger partial charge >= 0.3 is 0 Å². The fourth-order valence-electron chi connectivity index (χ4n) is 2.68. The summed E-state index contributed by atoms with van der Waals surface area (Å²) in [6.45, 7) is 4.82. The number of halogens is 2. The van der Waals surface area contributed by atoms with E-state index in [2.05, 4.69) is 37.2 Å². The molecule has 0 aliphatic rings. The summed E-state index contributed by atoms with van der Waals surface area (Å²) < 4.78 is 2.02. The molecule has 0 aliphatic carbocycles. The van der Waals surface area contributed by atoms with Gasteiger partial charge in [0, 0.05) is 27.8 Å². The van der Waals surface area contributed by atoms with Crippen molar-refractivity contribution < 1.29 is 9.59 Å². The molecule has 1 atom stereocenters. The maximum absolute atomic E-state index is 13.0. The molecule has 0 saturated carbocycles. The summed E-state index contributed by atoms with van der Waals surface area (Å²) in [5.74, 6) is 0.934. The van der Waals surface area contributed by atoms with Gasteiger partial charge in [-0.25, -0.2) is 0 Å². The van der Waals surface area contributed by atoms with E-state index in [4.69, 9.17) is 0 Å². The van der Waals surface area contributed by atoms with Gasteiger partial charge in [-0.2, -0.15) is 0 Å². The number of rotatable bonds is 10. The van der Waals surface area contributed by atoms with Gasteiger partial charge in [-0.05, 0) is 48.7 Å². The molecule has 2 aromatic rings. The highest BCUT2D eigenvalue weighted by Crippen LogP contribution is 2.19. The van der Waals surface area contributed by atoms with Gasteiger partial charge in [0.05, 0.1) is 5.75 Å². The monoisotopic (exact) mass is 540 g/mol. The van der Waals surface area contributed by atoms with Crippen LogP contribution in [0.25, 0.3) is 0 Å². The summed E-state index contributed by atoms with van der Waals surface area (Å²) in [4.78, 5) is 27.2. The average molecular weight is 542 g/mol. The van der Waals surface area contributed by atoms with Crippen LogP contribution < -0.4 is 5.32 Å². The Balaban J connectivity index is 2.03. The van der Waals surface area contributed by atoms with Gasteiger partial charge in [0.2, 0.25) is 11.8 Å². The Morgan fingerprint density at radius 1 is 1.00 bits per heavy atom. The number of hydrogen-bond donors (Lipinski definition) is 1. The first-order valence-electron chi connectivity index (χ1n) is 9.54. The van der Waals surface area contributed by atoms with Gasteiger partial charge in [-0.1, -0.05) is 63.0 Å². The van der Waals surface area contributed by atoms with Crippen molar-refractivity contribution in [2.45, 2.75) is 38.6 Å². The molecule has 0 heterocycles. The van der Waals surface area contributed by atoms with Gasteiger partial charge < -0.3 is 10.2 Å². The summed E-state index contributed by atoms with van der Waals surface area (Å²) in [7, 11) is 0. The number of nitrogens with one attached hydrogen (secondary N) is 1. The number of nitrogens with zero attached hydrogens (tertiary/aromatic N) is 1. The van der Waals surface area contributed by atoms with Crippen LogP contribution in [0, 0.1) is 0 Å². The molecule has 0 bridgehead atoms. The number of carbonyl (C=O) groups excluding carboxylic acids is 2. The van der Waals surface area contributed by atoms with Gasteiger partial charge in [-0.15, -0.1) is 11.8 Å². The lowest BCUT2D eigenvalue weighted by Crippen LogP contribution is -2.48. The molecule has 1 N–H and O–H groups in total. The zero-order valence-electron chi connectivity index (χ0n) is 16.7. The fourth-order valence-corrected chi connectivity index (χ4v) is 4.08. The van der Waals surface area contributed by atoms with Crippen LogP contribution in [-0.2, 0) is 21.9 Å². The quantitative estimate of drug-likeness (QED) is 0.439. The van der Waals surface area contributed by atoms with E-state index in [9.17, 15) is 9.59 Å². The lowest BCUT2D eigenvalue weighted by atomic mass is 10.1. The smallest absolute Gasteiger partial charge is 0.242 e. The van der Waals surface area contributed by atoms with Crippen LogP contribution >= 0.6 is 43.6 Å². The highest BCUT2D eigenvalue weighted by atomic mass is 79.9. The summed E-state index contributed by atoms with van der Waals surface area (Å²) in [5, 5.41) is 2.90. The van der Waals surface area contributed by atoms with Gasteiger partial charge in [0.1, 0.15) is 6.04 Å². The number of amides is 2. The summed E-state index contributed by atoms with van der Waals surface area (Å²) >= 11 is 8.42. The molecule has 4 nitrogen and oxygen atoms in total. The normalized spacial score (nSPS) is 11.7. The van der Waals surface area contributed by atoms with E-state index in [-0.39, 0.29) is 11.8 Å². The van der Waals surface area contributed by atoms with Crippen LogP contribution in [0.15, 0.2) is 57.5 Å². The fraction of sp³-hybridized carbons (Fsp3) is 0.364. The maximum atomic E-state index is 13.0. The van der Waals surface area contributed by atoms with E-state index in [1.807, 2.05) is 55.5 Å². The molecular weight excluding hydrogens is 516 g/mol. The second-order valence-electron chi connectivity index (χ2n) is 6.73. The van der Waals surface area contributed by atoms with E-state index < -0.39 is 6.04 Å². The van der Waals surface area contributed by atoms with E-state index in [1.54, 1.807) is 23.6 Å². The molecule has 0 aliphatic heterocycles. The van der Waals surface area contributed by atoms with Crippen LogP contribution in [0.4, 0.5) is 0 Å². The zero-order chi connectivity index (χ0) is 21.2. The van der Waals surface area contributed by atoms with E-state index >= 15 is 0 Å². The van der Waals surface area contributed by atoms with Crippen molar-refractivity contribution in [1.29, 1.82) is 0 Å². The van der Waals surface area contributed by atoms with Crippen molar-refractivity contribution in [3.8, 4) is 0 Å². The third-order valence-corrected chi connectivity index (χ3v) is 6.44. The highest BCUT2D eigenvalue weighted by molar-refractivity contribution is 9.10. The molecule has 0 spiro atoms. The molecule has 2 aromatic carbocycles. The Kier molecular flexibility index (Phi) is 10.2. The van der Waals surface area contributed by atoms with Crippen molar-refractivity contribution in [2.24, 2.45) is 0 Å². The standard InChI is InChI=1S/C22H26Br2N2O2S/c1-3-12-25-22(28)16(2)26(13-17-4-8-19(23)9-5-17)21(27)15-29-14-18-6-10-20(24)11-7-18/h4-11,16H,3,12-15H2,1-2H3,(H,25,28). The maximum Gasteiger partial charge on any atom is 0.242 e. The van der Waals surface area contributed by atoms with Crippen molar-refractivity contribution in [1.82, 2.24) is 10.2 Å². The lowest BCUT2D eigenvalue weighted by molar-refractivity contribution is -0.138. The lowest BCUT2D eigenvalue weighted by Gasteiger charge is -2.28. The first kappa shape index (κ1) is 24.0. The van der Waals surface area contributed by atoms with Crippen LogP contribution in [0.5, 0.6) is 0 Å². The Labute approximate surface area is 194 Å². The number of carbonyl (C=O) groups is 2. The second kappa shape index (κ2) is 12.4. The predicted octanol–water partition coefficient (Wildman–Crippen LogP) is 5.39. The predicted molar refractivity (Wildman–Crippen MR) is 128 cm³/mol. The largest absolute Gasteiger partial charge is 0.354 e. The number of hydrogen-bond acceptors (Lipinski definition) is 3. The third kappa shape index (κ3) is 8.15. The topological polar surface area (TPSA) is 49.4 Å². The minimum Gasteiger partial charge on any atom is -0.354 e. The first-order chi connectivity index (χ1) is 13.9. The molecule has 7 heteroatoms. The van der Waals surface area contributed by atoms with E-state index in [0.717, 1.165) is 26.7 Å². The van der Waals surface area contributed by atoms with Crippen LogP contribution in [0.3, 0.4) is 0 Å².